The van der Waals surface area contributed by atoms with Crippen LogP contribution in [0.3, 0.4) is 0 Å². The number of nitrogens with zero attached hydrogens (tertiary/aromatic N) is 2. The maximum absolute atomic E-state index is 5.83. The smallest absolute Gasteiger partial charge is 0.0616 e. The zero-order chi connectivity index (χ0) is 13.8. The first-order valence-corrected chi connectivity index (χ1v) is 7.51. The number of aromatic nitrogens is 2. The summed E-state index contributed by atoms with van der Waals surface area (Å²) in [7, 11) is 2.06. The summed E-state index contributed by atoms with van der Waals surface area (Å²) in [5.41, 5.74) is 2.45. The standard InChI is InChI=1S/C15H27N3O/c1-5-15-13(7-8-19-15)14(16-4)10-12-9-11(3)17-18(12)6-2/h9,13-16H,5-8,10H2,1-4H3. The lowest BCUT2D eigenvalue weighted by molar-refractivity contribution is 0.0781. The Kier molecular flexibility index (Phi) is 4.99. The van der Waals surface area contributed by atoms with Crippen LogP contribution >= 0.6 is 0 Å². The van der Waals surface area contributed by atoms with E-state index in [1.165, 1.54) is 12.1 Å². The molecule has 1 aromatic rings. The number of nitrogens with one attached hydrogen (secondary N) is 1. The molecule has 1 fully saturated rings. The summed E-state index contributed by atoms with van der Waals surface area (Å²) < 4.78 is 7.96. The maximum atomic E-state index is 5.83. The van der Waals surface area contributed by atoms with E-state index in [2.05, 4.69) is 49.0 Å². The molecule has 1 aliphatic rings. The Morgan fingerprint density at radius 2 is 2.32 bits per heavy atom. The van der Waals surface area contributed by atoms with Gasteiger partial charge in [0.1, 0.15) is 0 Å². The third-order valence-electron chi connectivity index (χ3n) is 4.26. The molecule has 4 nitrogen and oxygen atoms in total. The van der Waals surface area contributed by atoms with Crippen molar-refractivity contribution >= 4 is 0 Å². The molecule has 1 aliphatic heterocycles. The number of likely N-dealkylation sites (N-methyl/N-ethyl adjacent to an activating group) is 1. The molecule has 3 atom stereocenters. The highest BCUT2D eigenvalue weighted by molar-refractivity contribution is 5.11. The van der Waals surface area contributed by atoms with Crippen molar-refractivity contribution in [2.75, 3.05) is 13.7 Å². The van der Waals surface area contributed by atoms with Gasteiger partial charge in [-0.3, -0.25) is 4.68 Å². The van der Waals surface area contributed by atoms with Gasteiger partial charge in [-0.2, -0.15) is 5.10 Å². The van der Waals surface area contributed by atoms with Gasteiger partial charge in [-0.15, -0.1) is 0 Å². The molecule has 2 heterocycles. The van der Waals surface area contributed by atoms with E-state index in [1.54, 1.807) is 0 Å². The molecule has 0 bridgehead atoms. The lowest BCUT2D eigenvalue weighted by Gasteiger charge is -2.27. The molecule has 19 heavy (non-hydrogen) atoms. The van der Waals surface area contributed by atoms with Crippen molar-refractivity contribution in [3.8, 4) is 0 Å². The van der Waals surface area contributed by atoms with Gasteiger partial charge in [0.15, 0.2) is 0 Å². The largest absolute Gasteiger partial charge is 0.378 e. The van der Waals surface area contributed by atoms with Crippen LogP contribution in [-0.2, 0) is 17.7 Å². The molecule has 0 spiro atoms. The number of aryl methyl sites for hydroxylation is 2. The van der Waals surface area contributed by atoms with E-state index in [0.717, 1.165) is 31.7 Å². The van der Waals surface area contributed by atoms with Crippen molar-refractivity contribution in [3.63, 3.8) is 0 Å². The van der Waals surface area contributed by atoms with Crippen LogP contribution in [0.4, 0.5) is 0 Å². The average Bonchev–Trinajstić information content (AvgIpc) is 3.01. The molecule has 3 unspecified atom stereocenters. The molecule has 4 heteroatoms. The number of ether oxygens (including phenoxy) is 1. The van der Waals surface area contributed by atoms with E-state index < -0.39 is 0 Å². The fraction of sp³-hybridized carbons (Fsp3) is 0.800. The molecule has 1 aromatic heterocycles. The van der Waals surface area contributed by atoms with E-state index in [9.17, 15) is 0 Å². The topological polar surface area (TPSA) is 39.1 Å². The normalized spacial score (nSPS) is 24.8. The lowest BCUT2D eigenvalue weighted by atomic mass is 9.88. The summed E-state index contributed by atoms with van der Waals surface area (Å²) in [6, 6.07) is 2.69. The van der Waals surface area contributed by atoms with Gasteiger partial charge in [0.2, 0.25) is 0 Å². The molecule has 0 aliphatic carbocycles. The molecule has 0 saturated carbocycles. The first-order chi connectivity index (χ1) is 9.19. The summed E-state index contributed by atoms with van der Waals surface area (Å²) >= 11 is 0. The van der Waals surface area contributed by atoms with Crippen molar-refractivity contribution in [1.29, 1.82) is 0 Å². The van der Waals surface area contributed by atoms with Crippen molar-refractivity contribution in [2.24, 2.45) is 5.92 Å². The summed E-state index contributed by atoms with van der Waals surface area (Å²) in [5, 5.41) is 8.04. The molecule has 0 aromatic carbocycles. The average molecular weight is 265 g/mol. The fourth-order valence-electron chi connectivity index (χ4n) is 3.28. The second kappa shape index (κ2) is 6.53. The fourth-order valence-corrected chi connectivity index (χ4v) is 3.28. The third-order valence-corrected chi connectivity index (χ3v) is 4.26. The van der Waals surface area contributed by atoms with Gasteiger partial charge in [0, 0.05) is 37.2 Å². The van der Waals surface area contributed by atoms with Gasteiger partial charge in [0.05, 0.1) is 11.8 Å². The summed E-state index contributed by atoms with van der Waals surface area (Å²) in [6.07, 6.45) is 3.73. The van der Waals surface area contributed by atoms with Gasteiger partial charge >= 0.3 is 0 Å². The summed E-state index contributed by atoms with van der Waals surface area (Å²) in [4.78, 5) is 0. The van der Waals surface area contributed by atoms with E-state index >= 15 is 0 Å². The Bertz CT molecular complexity index is 402. The van der Waals surface area contributed by atoms with Crippen molar-refractivity contribution in [1.82, 2.24) is 15.1 Å². The Labute approximate surface area is 116 Å². The highest BCUT2D eigenvalue weighted by Crippen LogP contribution is 2.28. The zero-order valence-corrected chi connectivity index (χ0v) is 12.6. The first-order valence-electron chi connectivity index (χ1n) is 7.51. The van der Waals surface area contributed by atoms with Crippen molar-refractivity contribution < 1.29 is 4.74 Å². The van der Waals surface area contributed by atoms with Gasteiger partial charge in [-0.1, -0.05) is 6.92 Å². The predicted octanol–water partition coefficient (Wildman–Crippen LogP) is 2.16. The highest BCUT2D eigenvalue weighted by atomic mass is 16.5. The molecule has 1 saturated heterocycles. The molecular weight excluding hydrogens is 238 g/mol. The number of hydrogen-bond acceptors (Lipinski definition) is 3. The van der Waals surface area contributed by atoms with Crippen molar-refractivity contribution in [2.45, 2.75) is 58.7 Å². The number of hydrogen-bond donors (Lipinski definition) is 1. The Morgan fingerprint density at radius 1 is 1.53 bits per heavy atom. The van der Waals surface area contributed by atoms with Gasteiger partial charge in [-0.05, 0) is 39.8 Å². The van der Waals surface area contributed by atoms with Crippen LogP contribution in [0, 0.1) is 12.8 Å². The second-order valence-electron chi connectivity index (χ2n) is 5.46. The lowest BCUT2D eigenvalue weighted by Crippen LogP contribution is -2.40. The summed E-state index contributed by atoms with van der Waals surface area (Å²) in [6.45, 7) is 8.29. The molecule has 108 valence electrons. The van der Waals surface area contributed by atoms with E-state index in [0.29, 0.717) is 18.1 Å². The minimum atomic E-state index is 0.413. The maximum Gasteiger partial charge on any atom is 0.0616 e. The summed E-state index contributed by atoms with van der Waals surface area (Å²) in [5.74, 6) is 0.621. The second-order valence-corrected chi connectivity index (χ2v) is 5.46. The van der Waals surface area contributed by atoms with Crippen LogP contribution in [0.1, 0.15) is 38.1 Å². The van der Waals surface area contributed by atoms with E-state index in [-0.39, 0.29) is 0 Å². The van der Waals surface area contributed by atoms with E-state index in [1.807, 2.05) is 0 Å². The Hall–Kier alpha value is -0.870. The van der Waals surface area contributed by atoms with Gasteiger partial charge in [0.25, 0.3) is 0 Å². The van der Waals surface area contributed by atoms with Crippen LogP contribution in [-0.4, -0.2) is 35.6 Å². The zero-order valence-electron chi connectivity index (χ0n) is 12.6. The minimum Gasteiger partial charge on any atom is -0.378 e. The molecule has 2 rings (SSSR count). The van der Waals surface area contributed by atoms with Crippen LogP contribution in [0.15, 0.2) is 6.07 Å². The van der Waals surface area contributed by atoms with Crippen LogP contribution in [0.5, 0.6) is 0 Å². The molecule has 0 amide bonds. The minimum absolute atomic E-state index is 0.413. The SMILES string of the molecule is CCC1OCCC1C(Cc1cc(C)nn1CC)NC. The Balaban J connectivity index is 2.10. The monoisotopic (exact) mass is 265 g/mol. The van der Waals surface area contributed by atoms with Gasteiger partial charge < -0.3 is 10.1 Å². The van der Waals surface area contributed by atoms with Crippen LogP contribution < -0.4 is 5.32 Å². The third kappa shape index (κ3) is 3.18. The van der Waals surface area contributed by atoms with Crippen LogP contribution in [0.25, 0.3) is 0 Å². The van der Waals surface area contributed by atoms with Crippen LogP contribution in [0.2, 0.25) is 0 Å². The van der Waals surface area contributed by atoms with Gasteiger partial charge in [-0.25, -0.2) is 0 Å². The number of rotatable bonds is 6. The quantitative estimate of drug-likeness (QED) is 0.856. The molecular formula is C15H27N3O. The van der Waals surface area contributed by atoms with Crippen molar-refractivity contribution in [3.05, 3.63) is 17.5 Å². The highest BCUT2D eigenvalue weighted by Gasteiger charge is 2.33. The predicted molar refractivity (Wildman–Crippen MR) is 77.3 cm³/mol. The Morgan fingerprint density at radius 3 is 2.95 bits per heavy atom. The molecule has 1 N–H and O–H groups in total. The molecule has 0 radical (unpaired) electrons. The van der Waals surface area contributed by atoms with E-state index in [4.69, 9.17) is 4.74 Å². The first kappa shape index (κ1) is 14.5.